The van der Waals surface area contributed by atoms with E-state index in [1.54, 1.807) is 0 Å². The minimum absolute atomic E-state index is 0.396. The van der Waals surface area contributed by atoms with E-state index in [-0.39, 0.29) is 0 Å². The van der Waals surface area contributed by atoms with Crippen molar-refractivity contribution < 1.29 is 4.74 Å². The smallest absolute Gasteiger partial charge is 0.110 e. The second kappa shape index (κ2) is 6.72. The van der Waals surface area contributed by atoms with Crippen LogP contribution in [0.25, 0.3) is 0 Å². The van der Waals surface area contributed by atoms with E-state index in [4.69, 9.17) is 4.74 Å². The molecule has 3 heteroatoms. The first kappa shape index (κ1) is 13.3. The first-order valence-electron chi connectivity index (χ1n) is 7.33. The molecule has 2 fully saturated rings. The van der Waals surface area contributed by atoms with Crippen LogP contribution in [0.2, 0.25) is 0 Å². The average Bonchev–Trinajstić information content (AvgIpc) is 2.38. The molecule has 0 aromatic carbocycles. The Morgan fingerprint density at radius 1 is 1.06 bits per heavy atom. The molecule has 2 aliphatic rings. The molecular formula is C14H28N2O. The molecule has 2 saturated heterocycles. The number of ether oxygens (including phenoxy) is 1. The summed E-state index contributed by atoms with van der Waals surface area (Å²) in [6.07, 6.45) is 6.95. The second-order valence-electron chi connectivity index (χ2n) is 5.64. The van der Waals surface area contributed by atoms with Gasteiger partial charge in [0.05, 0.1) is 6.61 Å². The van der Waals surface area contributed by atoms with E-state index < -0.39 is 0 Å². The number of hydrogen-bond acceptors (Lipinski definition) is 3. The van der Waals surface area contributed by atoms with Gasteiger partial charge in [-0.1, -0.05) is 6.92 Å². The maximum Gasteiger partial charge on any atom is 0.110 e. The number of nitrogens with zero attached hydrogens (tertiary/aromatic N) is 2. The topological polar surface area (TPSA) is 15.7 Å². The lowest BCUT2D eigenvalue weighted by atomic mass is 9.98. The van der Waals surface area contributed by atoms with Gasteiger partial charge in [-0.25, -0.2) is 0 Å². The fraction of sp³-hybridized carbons (Fsp3) is 1.00. The van der Waals surface area contributed by atoms with Gasteiger partial charge in [0.25, 0.3) is 0 Å². The summed E-state index contributed by atoms with van der Waals surface area (Å²) in [6.45, 7) is 8.19. The molecule has 17 heavy (non-hydrogen) atoms. The molecular weight excluding hydrogens is 212 g/mol. The lowest BCUT2D eigenvalue weighted by Gasteiger charge is -2.35. The van der Waals surface area contributed by atoms with Crippen LogP contribution in [-0.2, 0) is 4.74 Å². The molecule has 0 spiro atoms. The van der Waals surface area contributed by atoms with Crippen LogP contribution in [-0.4, -0.2) is 55.9 Å². The van der Waals surface area contributed by atoms with Gasteiger partial charge >= 0.3 is 0 Å². The number of likely N-dealkylation sites (tertiary alicyclic amines) is 2. The third-order valence-electron chi connectivity index (χ3n) is 4.38. The largest absolute Gasteiger partial charge is 0.363 e. The summed E-state index contributed by atoms with van der Waals surface area (Å²) in [5.41, 5.74) is 0. The van der Waals surface area contributed by atoms with Gasteiger partial charge in [-0.15, -0.1) is 0 Å². The number of rotatable bonds is 4. The lowest BCUT2D eigenvalue weighted by Crippen LogP contribution is -2.40. The summed E-state index contributed by atoms with van der Waals surface area (Å²) in [4.78, 5) is 4.92. The van der Waals surface area contributed by atoms with Gasteiger partial charge in [-0.3, -0.25) is 4.90 Å². The fourth-order valence-electron chi connectivity index (χ4n) is 2.97. The molecule has 0 bridgehead atoms. The molecule has 1 unspecified atom stereocenters. The molecule has 0 amide bonds. The van der Waals surface area contributed by atoms with Gasteiger partial charge < -0.3 is 9.64 Å². The molecule has 1 atom stereocenters. The van der Waals surface area contributed by atoms with Crippen molar-refractivity contribution in [3.8, 4) is 0 Å². The molecule has 0 aliphatic carbocycles. The van der Waals surface area contributed by atoms with Crippen molar-refractivity contribution in [2.24, 2.45) is 5.92 Å². The zero-order valence-electron chi connectivity index (χ0n) is 11.5. The van der Waals surface area contributed by atoms with Gasteiger partial charge in [-0.05, 0) is 64.7 Å². The van der Waals surface area contributed by atoms with Crippen molar-refractivity contribution in [1.29, 1.82) is 0 Å². The quantitative estimate of drug-likeness (QED) is 0.749. The predicted molar refractivity (Wildman–Crippen MR) is 71.1 cm³/mol. The van der Waals surface area contributed by atoms with Crippen molar-refractivity contribution >= 4 is 0 Å². The van der Waals surface area contributed by atoms with Crippen molar-refractivity contribution in [1.82, 2.24) is 9.80 Å². The molecule has 100 valence electrons. The van der Waals surface area contributed by atoms with Crippen LogP contribution in [0.3, 0.4) is 0 Å². The highest BCUT2D eigenvalue weighted by Gasteiger charge is 2.23. The third kappa shape index (κ3) is 3.94. The lowest BCUT2D eigenvalue weighted by molar-refractivity contribution is -0.0839. The van der Waals surface area contributed by atoms with Crippen LogP contribution in [0, 0.1) is 5.92 Å². The van der Waals surface area contributed by atoms with Gasteiger partial charge in [0.2, 0.25) is 0 Å². The Balaban J connectivity index is 1.65. The molecule has 3 nitrogen and oxygen atoms in total. The highest BCUT2D eigenvalue weighted by Crippen LogP contribution is 2.21. The molecule has 2 rings (SSSR count). The van der Waals surface area contributed by atoms with Gasteiger partial charge in [-0.2, -0.15) is 0 Å². The van der Waals surface area contributed by atoms with E-state index in [9.17, 15) is 0 Å². The second-order valence-corrected chi connectivity index (χ2v) is 5.64. The summed E-state index contributed by atoms with van der Waals surface area (Å²) in [5, 5.41) is 0. The van der Waals surface area contributed by atoms with Crippen LogP contribution in [0.4, 0.5) is 0 Å². The van der Waals surface area contributed by atoms with E-state index in [0.717, 1.165) is 12.5 Å². The van der Waals surface area contributed by atoms with Crippen molar-refractivity contribution in [2.75, 3.05) is 39.8 Å². The standard InChI is InChI=1S/C14H28N2O/c1-3-16-10-7-13(8-11-16)12-17-14-6-4-5-9-15(14)2/h13-14H,3-12H2,1-2H3. The summed E-state index contributed by atoms with van der Waals surface area (Å²) < 4.78 is 6.11. The van der Waals surface area contributed by atoms with Crippen LogP contribution in [0.15, 0.2) is 0 Å². The Hall–Kier alpha value is -0.120. The van der Waals surface area contributed by atoms with Crippen LogP contribution in [0.1, 0.15) is 39.0 Å². The monoisotopic (exact) mass is 240 g/mol. The van der Waals surface area contributed by atoms with Crippen molar-refractivity contribution in [3.63, 3.8) is 0 Å². The SMILES string of the molecule is CCN1CCC(COC2CCCCN2C)CC1. The van der Waals surface area contributed by atoms with E-state index in [1.807, 2.05) is 0 Å². The van der Waals surface area contributed by atoms with Crippen LogP contribution >= 0.6 is 0 Å². The minimum Gasteiger partial charge on any atom is -0.363 e. The first-order chi connectivity index (χ1) is 8.29. The Labute approximate surface area is 106 Å². The normalized spacial score (nSPS) is 29.6. The maximum absolute atomic E-state index is 6.11. The van der Waals surface area contributed by atoms with Crippen molar-refractivity contribution in [2.45, 2.75) is 45.3 Å². The number of piperidine rings is 2. The van der Waals surface area contributed by atoms with Gasteiger partial charge in [0.15, 0.2) is 0 Å². The Morgan fingerprint density at radius 3 is 2.47 bits per heavy atom. The van der Waals surface area contributed by atoms with E-state index in [0.29, 0.717) is 6.23 Å². The highest BCUT2D eigenvalue weighted by molar-refractivity contribution is 4.72. The van der Waals surface area contributed by atoms with Crippen LogP contribution < -0.4 is 0 Å². The van der Waals surface area contributed by atoms with Gasteiger partial charge in [0.1, 0.15) is 6.23 Å². The summed E-state index contributed by atoms with van der Waals surface area (Å²) >= 11 is 0. The predicted octanol–water partition coefficient (Wildman–Crippen LogP) is 2.18. The fourth-order valence-corrected chi connectivity index (χ4v) is 2.97. The number of hydrogen-bond donors (Lipinski definition) is 0. The molecule has 0 aromatic rings. The molecule has 2 heterocycles. The van der Waals surface area contributed by atoms with Crippen LogP contribution in [0.5, 0.6) is 0 Å². The van der Waals surface area contributed by atoms with E-state index >= 15 is 0 Å². The highest BCUT2D eigenvalue weighted by atomic mass is 16.5. The van der Waals surface area contributed by atoms with E-state index in [2.05, 4.69) is 23.8 Å². The summed E-state index contributed by atoms with van der Waals surface area (Å²) in [7, 11) is 2.20. The zero-order chi connectivity index (χ0) is 12.1. The van der Waals surface area contributed by atoms with E-state index in [1.165, 1.54) is 58.3 Å². The molecule has 0 radical (unpaired) electrons. The molecule has 0 aromatic heterocycles. The Kier molecular flexibility index (Phi) is 5.26. The van der Waals surface area contributed by atoms with Crippen molar-refractivity contribution in [3.05, 3.63) is 0 Å². The van der Waals surface area contributed by atoms with Gasteiger partial charge in [0, 0.05) is 6.54 Å². The Morgan fingerprint density at radius 2 is 1.82 bits per heavy atom. The third-order valence-corrected chi connectivity index (χ3v) is 4.38. The minimum atomic E-state index is 0.396. The maximum atomic E-state index is 6.11. The molecule has 2 aliphatic heterocycles. The first-order valence-corrected chi connectivity index (χ1v) is 7.33. The molecule has 0 saturated carbocycles. The Bertz CT molecular complexity index is 214. The summed E-state index contributed by atoms with van der Waals surface area (Å²) in [6, 6.07) is 0. The molecule has 0 N–H and O–H groups in total. The average molecular weight is 240 g/mol. The summed E-state index contributed by atoms with van der Waals surface area (Å²) in [5.74, 6) is 0.799. The zero-order valence-corrected chi connectivity index (χ0v) is 11.5.